The number of para-hydroxylation sites is 1. The number of nitrogens with one attached hydrogen (secondary N) is 1. The molecule has 0 spiro atoms. The summed E-state index contributed by atoms with van der Waals surface area (Å²) >= 11 is 7.91. The van der Waals surface area contributed by atoms with Crippen molar-refractivity contribution in [1.29, 1.82) is 0 Å². The van der Waals surface area contributed by atoms with Crippen molar-refractivity contribution in [2.75, 3.05) is 11.9 Å². The Bertz CT molecular complexity index is 1760. The predicted octanol–water partition coefficient (Wildman–Crippen LogP) is 7.86. The smallest absolute Gasteiger partial charge is 0.338 e. The fourth-order valence-corrected chi connectivity index (χ4v) is 6.41. The molecule has 0 saturated heterocycles. The van der Waals surface area contributed by atoms with E-state index in [0.29, 0.717) is 46.3 Å². The number of thioether (sulfide) groups is 1. The molecule has 0 bridgehead atoms. The van der Waals surface area contributed by atoms with Gasteiger partial charge < -0.3 is 14.6 Å². The predicted molar refractivity (Wildman–Crippen MR) is 169 cm³/mol. The van der Waals surface area contributed by atoms with E-state index in [-0.39, 0.29) is 5.97 Å². The lowest BCUT2D eigenvalue weighted by Gasteiger charge is -2.27. The number of rotatable bonds is 10. The monoisotopic (exact) mass is 597 g/mol. The maximum Gasteiger partial charge on any atom is 0.338 e. The Kier molecular flexibility index (Phi) is 8.35. The fourth-order valence-electron chi connectivity index (χ4n) is 5.29. The van der Waals surface area contributed by atoms with Crippen molar-refractivity contribution in [2.45, 2.75) is 50.2 Å². The Balaban J connectivity index is 1.43. The SMILES string of the molecule is CCCCOC(=O)C1=C(C)Nc2nc(SCc3ccccc3Cl)nn2C1c1cn(Cc2ccccc2)c2ccccc12. The van der Waals surface area contributed by atoms with Gasteiger partial charge in [-0.1, -0.05) is 103 Å². The number of benzene rings is 3. The summed E-state index contributed by atoms with van der Waals surface area (Å²) in [6.07, 6.45) is 3.89. The lowest BCUT2D eigenvalue weighted by Crippen LogP contribution is -2.29. The second-order valence-corrected chi connectivity index (χ2v) is 11.7. The molecule has 214 valence electrons. The minimum atomic E-state index is -0.514. The van der Waals surface area contributed by atoms with E-state index >= 15 is 0 Å². The summed E-state index contributed by atoms with van der Waals surface area (Å²) in [5, 5.41) is 10.6. The third-order valence-electron chi connectivity index (χ3n) is 7.41. The van der Waals surface area contributed by atoms with Crippen LogP contribution in [0.5, 0.6) is 0 Å². The van der Waals surface area contributed by atoms with Crippen molar-refractivity contribution < 1.29 is 9.53 Å². The minimum Gasteiger partial charge on any atom is -0.462 e. The standard InChI is InChI=1S/C33H32ClN5O2S/c1-3-4-18-41-31(40)29-22(2)35-32-36-33(42-21-24-14-8-10-16-27(24)34)37-39(32)30(29)26-20-38(19-23-12-6-5-7-13-23)28-17-11-9-15-25(26)28/h5-17,20,30H,3-4,18-19,21H2,1-2H3,(H,35,36,37). The van der Waals surface area contributed by atoms with Crippen LogP contribution < -0.4 is 5.32 Å². The van der Waals surface area contributed by atoms with E-state index in [4.69, 9.17) is 26.4 Å². The zero-order chi connectivity index (χ0) is 29.1. The first kappa shape index (κ1) is 28.1. The van der Waals surface area contributed by atoms with E-state index in [2.05, 4.69) is 59.4 Å². The van der Waals surface area contributed by atoms with Crippen LogP contribution in [0.4, 0.5) is 5.95 Å². The molecule has 0 saturated carbocycles. The normalized spacial score (nSPS) is 14.6. The second kappa shape index (κ2) is 12.5. The van der Waals surface area contributed by atoms with Crippen LogP contribution in [-0.4, -0.2) is 31.9 Å². The molecule has 6 rings (SSSR count). The Morgan fingerprint density at radius 1 is 1.05 bits per heavy atom. The number of unbranched alkanes of at least 4 members (excludes halogenated alkanes) is 1. The first-order valence-electron chi connectivity index (χ1n) is 14.1. The number of allylic oxidation sites excluding steroid dienone is 1. The van der Waals surface area contributed by atoms with Gasteiger partial charge in [0.15, 0.2) is 0 Å². The Morgan fingerprint density at radius 3 is 2.62 bits per heavy atom. The first-order valence-corrected chi connectivity index (χ1v) is 15.5. The van der Waals surface area contributed by atoms with Crippen LogP contribution in [0.1, 0.15) is 49.4 Å². The quantitative estimate of drug-likeness (QED) is 0.100. The lowest BCUT2D eigenvalue weighted by atomic mass is 9.95. The van der Waals surface area contributed by atoms with Gasteiger partial charge in [0.1, 0.15) is 6.04 Å². The van der Waals surface area contributed by atoms with Gasteiger partial charge >= 0.3 is 5.97 Å². The number of hydrogen-bond acceptors (Lipinski definition) is 6. The van der Waals surface area contributed by atoms with E-state index in [1.165, 1.54) is 17.3 Å². The summed E-state index contributed by atoms with van der Waals surface area (Å²) in [7, 11) is 0. The van der Waals surface area contributed by atoms with E-state index in [0.717, 1.165) is 34.9 Å². The van der Waals surface area contributed by atoms with E-state index in [1.807, 2.05) is 54.1 Å². The van der Waals surface area contributed by atoms with Gasteiger partial charge in [-0.15, -0.1) is 5.10 Å². The van der Waals surface area contributed by atoms with E-state index in [9.17, 15) is 4.79 Å². The molecular weight excluding hydrogens is 566 g/mol. The molecule has 3 heterocycles. The summed E-state index contributed by atoms with van der Waals surface area (Å²) in [6.45, 7) is 5.06. The third kappa shape index (κ3) is 5.69. The highest BCUT2D eigenvalue weighted by molar-refractivity contribution is 7.98. The van der Waals surface area contributed by atoms with Gasteiger partial charge in [0.05, 0.1) is 12.2 Å². The van der Waals surface area contributed by atoms with Crippen LogP contribution in [-0.2, 0) is 21.8 Å². The molecule has 7 nitrogen and oxygen atoms in total. The Morgan fingerprint density at radius 2 is 1.81 bits per heavy atom. The highest BCUT2D eigenvalue weighted by Gasteiger charge is 2.37. The maximum atomic E-state index is 13.7. The summed E-state index contributed by atoms with van der Waals surface area (Å²) in [5.41, 5.74) is 5.51. The molecule has 0 radical (unpaired) electrons. The van der Waals surface area contributed by atoms with Crippen molar-refractivity contribution >= 4 is 46.2 Å². The van der Waals surface area contributed by atoms with Crippen molar-refractivity contribution in [3.05, 3.63) is 118 Å². The molecule has 5 aromatic rings. The Hall–Kier alpha value is -4.01. The largest absolute Gasteiger partial charge is 0.462 e. The molecule has 0 amide bonds. The summed E-state index contributed by atoms with van der Waals surface area (Å²) in [5.74, 6) is 0.872. The van der Waals surface area contributed by atoms with Crippen molar-refractivity contribution in [1.82, 2.24) is 19.3 Å². The Labute approximate surface area is 254 Å². The number of nitrogens with zero attached hydrogens (tertiary/aromatic N) is 4. The van der Waals surface area contributed by atoms with Gasteiger partial charge in [-0.3, -0.25) is 0 Å². The number of fused-ring (bicyclic) bond motifs is 2. The van der Waals surface area contributed by atoms with Gasteiger partial charge in [-0.25, -0.2) is 9.48 Å². The fraction of sp³-hybridized carbons (Fsp3) is 0.242. The number of esters is 1. The zero-order valence-corrected chi connectivity index (χ0v) is 25.2. The molecule has 1 aliphatic rings. The van der Waals surface area contributed by atoms with Gasteiger partial charge in [0.2, 0.25) is 11.1 Å². The molecule has 0 fully saturated rings. The average Bonchev–Trinajstić information content (AvgIpc) is 3.57. The number of carbonyl (C=O) groups is 1. The van der Waals surface area contributed by atoms with Gasteiger partial charge in [-0.05, 0) is 36.6 Å². The molecule has 1 N–H and O–H groups in total. The molecule has 3 aromatic carbocycles. The molecule has 1 aliphatic heterocycles. The molecule has 1 atom stereocenters. The molecule has 2 aromatic heterocycles. The van der Waals surface area contributed by atoms with Crippen LogP contribution in [0, 0.1) is 0 Å². The lowest BCUT2D eigenvalue weighted by molar-refractivity contribution is -0.139. The number of anilines is 1. The molecule has 42 heavy (non-hydrogen) atoms. The highest BCUT2D eigenvalue weighted by Crippen LogP contribution is 2.40. The van der Waals surface area contributed by atoms with Crippen LogP contribution in [0.15, 0.2) is 101 Å². The second-order valence-electron chi connectivity index (χ2n) is 10.3. The number of halogens is 1. The highest BCUT2D eigenvalue weighted by atomic mass is 35.5. The number of carbonyl (C=O) groups excluding carboxylic acids is 1. The van der Waals surface area contributed by atoms with Crippen molar-refractivity contribution in [3.63, 3.8) is 0 Å². The van der Waals surface area contributed by atoms with Gasteiger partial charge in [0.25, 0.3) is 0 Å². The summed E-state index contributed by atoms with van der Waals surface area (Å²) < 4.78 is 9.84. The number of hydrogen-bond donors (Lipinski definition) is 1. The van der Waals surface area contributed by atoms with E-state index < -0.39 is 6.04 Å². The third-order valence-corrected chi connectivity index (χ3v) is 8.66. The minimum absolute atomic E-state index is 0.343. The number of ether oxygens (including phenoxy) is 1. The molecule has 0 aliphatic carbocycles. The van der Waals surface area contributed by atoms with Gasteiger partial charge in [0, 0.05) is 45.7 Å². The van der Waals surface area contributed by atoms with Crippen LogP contribution in [0.25, 0.3) is 10.9 Å². The van der Waals surface area contributed by atoms with Crippen LogP contribution in [0.3, 0.4) is 0 Å². The van der Waals surface area contributed by atoms with Crippen molar-refractivity contribution in [3.8, 4) is 0 Å². The maximum absolute atomic E-state index is 13.7. The first-order chi connectivity index (χ1) is 20.5. The molecular formula is C33H32ClN5O2S. The number of aromatic nitrogens is 4. The van der Waals surface area contributed by atoms with Crippen LogP contribution in [0.2, 0.25) is 5.02 Å². The van der Waals surface area contributed by atoms with E-state index in [1.54, 1.807) is 0 Å². The van der Waals surface area contributed by atoms with Crippen molar-refractivity contribution in [2.24, 2.45) is 0 Å². The van der Waals surface area contributed by atoms with Gasteiger partial charge in [-0.2, -0.15) is 4.98 Å². The van der Waals surface area contributed by atoms with Crippen LogP contribution >= 0.6 is 23.4 Å². The molecule has 9 heteroatoms. The zero-order valence-electron chi connectivity index (χ0n) is 23.6. The molecule has 1 unspecified atom stereocenters. The summed E-state index contributed by atoms with van der Waals surface area (Å²) in [6, 6.07) is 25.9. The average molecular weight is 598 g/mol. The topological polar surface area (TPSA) is 74.0 Å². The summed E-state index contributed by atoms with van der Waals surface area (Å²) in [4.78, 5) is 18.5.